The fraction of sp³-hybridized carbons (Fsp3) is 0.451. The van der Waals surface area contributed by atoms with Crippen LogP contribution in [0.3, 0.4) is 0 Å². The van der Waals surface area contributed by atoms with E-state index in [1.807, 2.05) is 61.8 Å². The molecule has 5 aliphatic rings. The lowest BCUT2D eigenvalue weighted by atomic mass is 10.0. The summed E-state index contributed by atoms with van der Waals surface area (Å²) in [6.45, 7) is 9.71. The first-order chi connectivity index (χ1) is 33.2. The molecule has 4 aromatic heterocycles. The van der Waals surface area contributed by atoms with Crippen molar-refractivity contribution in [2.24, 2.45) is 23.7 Å². The summed E-state index contributed by atoms with van der Waals surface area (Å²) in [5.41, 5.74) is 4.71. The number of alkyl carbamates (subject to hydrolysis) is 2. The molecule has 16 nitrogen and oxygen atoms in total. The van der Waals surface area contributed by atoms with Crippen LogP contribution in [0.25, 0.3) is 44.7 Å². The average molecular weight is 958 g/mol. The Bertz CT molecular complexity index is 3030. The van der Waals surface area contributed by atoms with Crippen LogP contribution in [0, 0.1) is 29.5 Å². The summed E-state index contributed by atoms with van der Waals surface area (Å²) >= 11 is 1.67. The summed E-state index contributed by atoms with van der Waals surface area (Å²) in [5, 5.41) is 6.36. The maximum absolute atomic E-state index is 16.9. The van der Waals surface area contributed by atoms with Gasteiger partial charge in [-0.2, -0.15) is 0 Å². The lowest BCUT2D eigenvalue weighted by molar-refractivity contribution is -0.137. The van der Waals surface area contributed by atoms with Crippen molar-refractivity contribution in [1.29, 1.82) is 0 Å². The number of nitrogens with zero attached hydrogens (tertiary/aromatic N) is 5. The van der Waals surface area contributed by atoms with E-state index in [4.69, 9.17) is 24.2 Å². The number of thiophene rings is 1. The van der Waals surface area contributed by atoms with E-state index in [1.165, 1.54) is 25.2 Å². The highest BCUT2D eigenvalue weighted by Crippen LogP contribution is 2.55. The molecular formula is C51H56FN9O7S. The van der Waals surface area contributed by atoms with Gasteiger partial charge in [0.25, 0.3) is 0 Å². The zero-order chi connectivity index (χ0) is 48.2. The first-order valence-corrected chi connectivity index (χ1v) is 24.7. The summed E-state index contributed by atoms with van der Waals surface area (Å²) in [7, 11) is 2.57. The number of amides is 4. The predicted octanol–water partition coefficient (Wildman–Crippen LogP) is 8.88. The van der Waals surface area contributed by atoms with Gasteiger partial charge >= 0.3 is 12.2 Å². The molecule has 69 heavy (non-hydrogen) atoms. The van der Waals surface area contributed by atoms with Gasteiger partial charge in [0.2, 0.25) is 18.0 Å². The number of hydrogen-bond acceptors (Lipinski definition) is 10. The number of piperidine rings is 2. The van der Waals surface area contributed by atoms with Crippen molar-refractivity contribution in [1.82, 2.24) is 44.9 Å². The van der Waals surface area contributed by atoms with Crippen LogP contribution >= 0.6 is 11.3 Å². The minimum Gasteiger partial charge on any atom is -0.464 e. The lowest BCUT2D eigenvalue weighted by Crippen LogP contribution is -2.52. The van der Waals surface area contributed by atoms with E-state index >= 15 is 4.39 Å². The number of methoxy groups -OCH3 is 2. The van der Waals surface area contributed by atoms with Gasteiger partial charge in [0, 0.05) is 33.5 Å². The van der Waals surface area contributed by atoms with E-state index in [0.29, 0.717) is 51.7 Å². The zero-order valence-electron chi connectivity index (χ0n) is 39.5. The van der Waals surface area contributed by atoms with E-state index in [1.54, 1.807) is 23.7 Å². The van der Waals surface area contributed by atoms with E-state index in [9.17, 15) is 19.2 Å². The van der Waals surface area contributed by atoms with E-state index in [-0.39, 0.29) is 47.8 Å². The number of benzene rings is 2. The first-order valence-electron chi connectivity index (χ1n) is 23.9. The second-order valence-corrected chi connectivity index (χ2v) is 21.0. The number of carbonyl (C=O) groups excluding carboxylic acids is 4. The van der Waals surface area contributed by atoms with Crippen LogP contribution in [-0.2, 0) is 25.5 Å². The molecule has 360 valence electrons. The van der Waals surface area contributed by atoms with Crippen LogP contribution in [0.2, 0.25) is 0 Å². The third kappa shape index (κ3) is 7.70. The normalized spacial score (nSPS) is 23.8. The number of H-pyrrole nitrogens is 2. The zero-order valence-corrected chi connectivity index (χ0v) is 40.4. The summed E-state index contributed by atoms with van der Waals surface area (Å²) in [6.07, 6.45) is 5.82. The number of aromatic nitrogens is 5. The highest BCUT2D eigenvalue weighted by Gasteiger charge is 2.57. The van der Waals surface area contributed by atoms with E-state index in [2.05, 4.69) is 50.3 Å². The van der Waals surface area contributed by atoms with Crippen molar-refractivity contribution < 1.29 is 37.8 Å². The third-order valence-electron chi connectivity index (χ3n) is 14.8. The first kappa shape index (κ1) is 44.8. The molecule has 3 aliphatic heterocycles. The monoisotopic (exact) mass is 957 g/mol. The van der Waals surface area contributed by atoms with Crippen molar-refractivity contribution in [3.63, 3.8) is 0 Å². The van der Waals surface area contributed by atoms with Crippen LogP contribution in [-0.4, -0.2) is 96.7 Å². The maximum Gasteiger partial charge on any atom is 0.407 e. The lowest BCUT2D eigenvalue weighted by Gasteiger charge is -2.32. The Morgan fingerprint density at radius 2 is 1.36 bits per heavy atom. The van der Waals surface area contributed by atoms with Crippen LogP contribution < -0.4 is 15.4 Å². The molecule has 9 atom stereocenters. The minimum atomic E-state index is -0.759. The molecule has 4 amide bonds. The Morgan fingerprint density at radius 3 is 1.90 bits per heavy atom. The highest BCUT2D eigenvalue weighted by molar-refractivity contribution is 7.12. The van der Waals surface area contributed by atoms with Crippen molar-refractivity contribution >= 4 is 46.2 Å². The fourth-order valence-corrected chi connectivity index (χ4v) is 12.0. The molecule has 18 heteroatoms. The summed E-state index contributed by atoms with van der Waals surface area (Å²) in [6, 6.07) is 13.8. The van der Waals surface area contributed by atoms with Gasteiger partial charge < -0.3 is 44.6 Å². The topological polar surface area (TPSA) is 189 Å². The van der Waals surface area contributed by atoms with Gasteiger partial charge in [0.05, 0.1) is 71.7 Å². The van der Waals surface area contributed by atoms with Crippen molar-refractivity contribution in [2.45, 2.75) is 109 Å². The quantitative estimate of drug-likeness (QED) is 0.0929. The Kier molecular flexibility index (Phi) is 11.1. The molecular weight excluding hydrogens is 902 g/mol. The Morgan fingerprint density at radius 1 is 0.783 bits per heavy atom. The number of halogens is 1. The average Bonchev–Trinajstić information content (AvgIpc) is 3.81. The maximum atomic E-state index is 16.9. The van der Waals surface area contributed by atoms with Crippen molar-refractivity contribution in [3.8, 4) is 39.5 Å². The summed E-state index contributed by atoms with van der Waals surface area (Å²) < 4.78 is 35.6. The smallest absolute Gasteiger partial charge is 0.407 e. The molecule has 4 N–H and O–H groups in total. The number of aromatic amines is 2. The molecule has 0 spiro atoms. The molecule has 7 heterocycles. The molecule has 2 saturated carbocycles. The molecule has 6 aromatic rings. The standard InChI is InChI=1S/C51H56FN9O7S/c1-8-30-10-12-41(69-30)49-61-34-11-9-25(32-21-53-45(55-32)38-18-28-15-35(28)59(38)47(62)43(23(2)3)57-50(64)66-6)13-27(34)17-37(61)42-31(52)14-26(20-40(42)68-49)33-22-54-46(56-33)39-19-29-16-36(29)60(39)48(63)44(24(4)5)58-51(65)67-7/h9-14,17,20-24,28-29,35-36,38-39,43-44,49H,8,15-16,18-19H2,1-7H3,(H,53,55)(H,54,56)(H,57,64)(H,58,65)/t28-,29-,35-,36-,38+,39+,43+,44+,49?/m1/s1. The molecule has 2 aliphatic carbocycles. The van der Waals surface area contributed by atoms with Gasteiger partial charge in [-0.25, -0.2) is 23.9 Å². The second-order valence-electron chi connectivity index (χ2n) is 19.8. The van der Waals surface area contributed by atoms with E-state index < -0.39 is 36.3 Å². The van der Waals surface area contributed by atoms with Gasteiger partial charge in [-0.05, 0) is 98.2 Å². The Balaban J connectivity index is 0.906. The molecule has 11 rings (SSSR count). The van der Waals surface area contributed by atoms with Gasteiger partial charge in [-0.3, -0.25) is 14.2 Å². The van der Waals surface area contributed by atoms with Gasteiger partial charge in [0.15, 0.2) is 0 Å². The van der Waals surface area contributed by atoms with Crippen molar-refractivity contribution in [2.75, 3.05) is 14.2 Å². The van der Waals surface area contributed by atoms with Crippen LogP contribution in [0.5, 0.6) is 5.75 Å². The Hall–Kier alpha value is -6.69. The van der Waals surface area contributed by atoms with Crippen LogP contribution in [0.4, 0.5) is 14.0 Å². The minimum absolute atomic E-state index is 0.0704. The number of fused-ring (bicyclic) bond motifs is 7. The summed E-state index contributed by atoms with van der Waals surface area (Å²) in [5.74, 6) is 1.35. The number of imidazole rings is 2. The third-order valence-corrected chi connectivity index (χ3v) is 16.1. The number of likely N-dealkylation sites (tertiary alicyclic amines) is 2. The number of nitrogens with one attached hydrogen (secondary N) is 4. The van der Waals surface area contributed by atoms with Crippen molar-refractivity contribution in [3.05, 3.63) is 88.1 Å². The number of carbonyl (C=O) groups is 4. The fourth-order valence-electron chi connectivity index (χ4n) is 11.1. The van der Waals surface area contributed by atoms with Gasteiger partial charge in [-0.1, -0.05) is 40.7 Å². The van der Waals surface area contributed by atoms with Crippen LogP contribution in [0.15, 0.2) is 60.9 Å². The van der Waals surface area contributed by atoms with Gasteiger partial charge in [-0.15, -0.1) is 11.3 Å². The highest BCUT2D eigenvalue weighted by atomic mass is 32.1. The largest absolute Gasteiger partial charge is 0.464 e. The summed E-state index contributed by atoms with van der Waals surface area (Å²) in [4.78, 5) is 75.0. The SMILES string of the molecule is CCc1ccc(C2Oc3cc(-c4cnc([C@@H]5C[C@H]6C[C@H]6N5C(=O)[C@@H](NC(=O)OC)C(C)C)[nH]4)cc(F)c3-c3cc4cc(-c5cnc([C@@H]6C[C@H]7C[C@H]7N6C(=O)[C@@H](NC(=O)OC)C(C)C)[nH]5)ccc4n32)s1. The Labute approximate surface area is 402 Å². The molecule has 4 fully saturated rings. The molecule has 0 bridgehead atoms. The predicted molar refractivity (Wildman–Crippen MR) is 255 cm³/mol. The number of rotatable bonds is 12. The van der Waals surface area contributed by atoms with Crippen LogP contribution in [0.1, 0.15) is 100 Å². The van der Waals surface area contributed by atoms with E-state index in [0.717, 1.165) is 59.1 Å². The van der Waals surface area contributed by atoms with Gasteiger partial charge in [0.1, 0.15) is 35.3 Å². The number of aryl methyl sites for hydroxylation is 1. The molecule has 2 saturated heterocycles. The molecule has 1 unspecified atom stereocenters. The number of ether oxygens (including phenoxy) is 3. The molecule has 2 aromatic carbocycles. The number of hydrogen-bond donors (Lipinski definition) is 4. The molecule has 0 radical (unpaired) electrons. The second kappa shape index (κ2) is 17.1.